The van der Waals surface area contributed by atoms with E-state index in [-0.39, 0.29) is 19.1 Å². The summed E-state index contributed by atoms with van der Waals surface area (Å²) in [6.45, 7) is -0.0705. The lowest BCUT2D eigenvalue weighted by molar-refractivity contribution is -0.132. The van der Waals surface area contributed by atoms with Crippen LogP contribution in [0.1, 0.15) is 25.7 Å². The van der Waals surface area contributed by atoms with E-state index in [9.17, 15) is 14.7 Å². The van der Waals surface area contributed by atoms with Crippen molar-refractivity contribution in [2.24, 2.45) is 0 Å². The van der Waals surface area contributed by atoms with Gasteiger partial charge in [0.15, 0.2) is 0 Å². The highest BCUT2D eigenvalue weighted by Gasteiger charge is 2.52. The van der Waals surface area contributed by atoms with Gasteiger partial charge in [0, 0.05) is 0 Å². The molecule has 2 N–H and O–H groups in total. The highest BCUT2D eigenvalue weighted by Crippen LogP contribution is 2.35. The summed E-state index contributed by atoms with van der Waals surface area (Å²) in [5.74, 6) is 1.07. The minimum absolute atomic E-state index is 0.00358. The number of nitrogens with zero attached hydrogens (tertiary/aromatic N) is 1. The first-order valence-electron chi connectivity index (χ1n) is 8.13. The number of benzene rings is 1. The van der Waals surface area contributed by atoms with E-state index in [0.717, 1.165) is 17.7 Å². The number of methoxy groups -OCH3 is 1. The van der Waals surface area contributed by atoms with Crippen molar-refractivity contribution in [3.8, 4) is 11.5 Å². The molecule has 3 rings (SSSR count). The summed E-state index contributed by atoms with van der Waals surface area (Å²) in [6.07, 6.45) is 2.27. The third-order valence-electron chi connectivity index (χ3n) is 4.60. The van der Waals surface area contributed by atoms with Crippen molar-refractivity contribution in [2.45, 2.75) is 37.3 Å². The maximum Gasteiger partial charge on any atom is 0.325 e. The van der Waals surface area contributed by atoms with Crippen molar-refractivity contribution >= 4 is 11.9 Å². The van der Waals surface area contributed by atoms with Crippen LogP contribution in [0.2, 0.25) is 0 Å². The molecule has 1 aromatic carbocycles. The molecule has 24 heavy (non-hydrogen) atoms. The molecule has 0 radical (unpaired) electrons. The van der Waals surface area contributed by atoms with Crippen LogP contribution in [0.4, 0.5) is 4.79 Å². The molecule has 2 fully saturated rings. The van der Waals surface area contributed by atoms with Gasteiger partial charge in [-0.1, -0.05) is 12.8 Å². The van der Waals surface area contributed by atoms with Gasteiger partial charge in [-0.15, -0.1) is 0 Å². The summed E-state index contributed by atoms with van der Waals surface area (Å²) in [4.78, 5) is 25.7. The molecule has 130 valence electrons. The fraction of sp³-hybridized carbons (Fsp3) is 0.529. The zero-order valence-electron chi connectivity index (χ0n) is 13.7. The maximum absolute atomic E-state index is 12.5. The fourth-order valence-electron chi connectivity index (χ4n) is 3.29. The minimum Gasteiger partial charge on any atom is -0.497 e. The number of ether oxygens (including phenoxy) is 2. The van der Waals surface area contributed by atoms with Crippen LogP contribution in [0.15, 0.2) is 24.3 Å². The Labute approximate surface area is 140 Å². The summed E-state index contributed by atoms with van der Waals surface area (Å²) < 4.78 is 10.5. The van der Waals surface area contributed by atoms with E-state index in [2.05, 4.69) is 5.32 Å². The van der Waals surface area contributed by atoms with Gasteiger partial charge in [0.2, 0.25) is 0 Å². The molecule has 7 heteroatoms. The van der Waals surface area contributed by atoms with E-state index >= 15 is 0 Å². The molecule has 1 aromatic rings. The Bertz CT molecular complexity index is 610. The largest absolute Gasteiger partial charge is 0.497 e. The Hall–Kier alpha value is -2.28. The van der Waals surface area contributed by atoms with Gasteiger partial charge in [0.1, 0.15) is 29.7 Å². The lowest BCUT2D eigenvalue weighted by Crippen LogP contribution is -2.45. The third-order valence-corrected chi connectivity index (χ3v) is 4.60. The van der Waals surface area contributed by atoms with Crippen LogP contribution in [0.25, 0.3) is 0 Å². The number of carbonyl (C=O) groups is 2. The summed E-state index contributed by atoms with van der Waals surface area (Å²) in [5, 5.41) is 12.9. The Balaban J connectivity index is 1.53. The Morgan fingerprint density at radius 3 is 2.46 bits per heavy atom. The third kappa shape index (κ3) is 3.17. The van der Waals surface area contributed by atoms with Crippen molar-refractivity contribution < 1.29 is 24.2 Å². The van der Waals surface area contributed by atoms with Gasteiger partial charge in [0.25, 0.3) is 5.91 Å². The van der Waals surface area contributed by atoms with E-state index in [1.54, 1.807) is 31.4 Å². The number of rotatable bonds is 6. The first-order valence-corrected chi connectivity index (χ1v) is 8.13. The molecule has 1 atom stereocenters. The molecule has 1 saturated carbocycles. The number of hydrogen-bond acceptors (Lipinski definition) is 5. The average molecular weight is 334 g/mol. The molecule has 1 spiro atoms. The van der Waals surface area contributed by atoms with Crippen LogP contribution < -0.4 is 14.8 Å². The minimum atomic E-state index is -0.946. The number of carbonyl (C=O) groups excluding carboxylic acids is 2. The van der Waals surface area contributed by atoms with Crippen molar-refractivity contribution in [2.75, 3.05) is 20.3 Å². The molecule has 1 saturated heterocycles. The average Bonchev–Trinajstić information content (AvgIpc) is 3.14. The Kier molecular flexibility index (Phi) is 4.62. The highest BCUT2D eigenvalue weighted by atomic mass is 16.5. The summed E-state index contributed by atoms with van der Waals surface area (Å²) in [6, 6.07) is 6.54. The van der Waals surface area contributed by atoms with Crippen molar-refractivity contribution in [3.05, 3.63) is 24.3 Å². The Morgan fingerprint density at radius 1 is 1.21 bits per heavy atom. The summed E-state index contributed by atoms with van der Waals surface area (Å²) >= 11 is 0. The standard InChI is InChI=1S/C17H22N2O5/c1-23-13-4-6-14(7-5-13)24-11-12(20)10-19-15(21)17(18-16(19)22)8-2-3-9-17/h4-7,12,20H,2-3,8-11H2,1H3,(H,18,22)/t12-/m0/s1. The molecule has 2 aliphatic rings. The molecule has 1 heterocycles. The molecule has 0 bridgehead atoms. The number of hydrogen-bond donors (Lipinski definition) is 2. The Morgan fingerprint density at radius 2 is 1.83 bits per heavy atom. The van der Waals surface area contributed by atoms with E-state index < -0.39 is 17.7 Å². The SMILES string of the molecule is COc1ccc(OC[C@@H](O)CN2C(=O)NC3(CCCC3)C2=O)cc1. The number of imide groups is 1. The zero-order valence-corrected chi connectivity index (χ0v) is 13.7. The summed E-state index contributed by atoms with van der Waals surface area (Å²) in [7, 11) is 1.58. The van der Waals surface area contributed by atoms with Crippen LogP contribution in [0, 0.1) is 0 Å². The predicted octanol–water partition coefficient (Wildman–Crippen LogP) is 1.30. The first-order chi connectivity index (χ1) is 11.5. The topological polar surface area (TPSA) is 88.1 Å². The lowest BCUT2D eigenvalue weighted by Gasteiger charge is -2.21. The molecule has 1 aliphatic heterocycles. The zero-order chi connectivity index (χ0) is 17.2. The molecule has 3 amide bonds. The van der Waals surface area contributed by atoms with Gasteiger partial charge in [-0.3, -0.25) is 9.69 Å². The smallest absolute Gasteiger partial charge is 0.325 e. The summed E-state index contributed by atoms with van der Waals surface area (Å²) in [5.41, 5.74) is -0.742. The molecule has 1 aliphatic carbocycles. The number of aliphatic hydroxyl groups excluding tert-OH is 1. The second-order valence-electron chi connectivity index (χ2n) is 6.28. The fourth-order valence-corrected chi connectivity index (χ4v) is 3.29. The van der Waals surface area contributed by atoms with Gasteiger partial charge in [0.05, 0.1) is 13.7 Å². The van der Waals surface area contributed by atoms with Gasteiger partial charge in [-0.2, -0.15) is 0 Å². The van der Waals surface area contributed by atoms with Crippen molar-refractivity contribution in [3.63, 3.8) is 0 Å². The van der Waals surface area contributed by atoms with Crippen LogP contribution >= 0.6 is 0 Å². The monoisotopic (exact) mass is 334 g/mol. The first kappa shape index (κ1) is 16.6. The molecule has 7 nitrogen and oxygen atoms in total. The van der Waals surface area contributed by atoms with Gasteiger partial charge in [-0.05, 0) is 37.1 Å². The van der Waals surface area contributed by atoms with Crippen LogP contribution in [0.3, 0.4) is 0 Å². The van der Waals surface area contributed by atoms with Gasteiger partial charge in [-0.25, -0.2) is 4.79 Å². The van der Waals surface area contributed by atoms with Gasteiger partial charge < -0.3 is 19.9 Å². The molecule has 0 unspecified atom stereocenters. The van der Waals surface area contributed by atoms with E-state index in [1.165, 1.54) is 0 Å². The van der Waals surface area contributed by atoms with Crippen LogP contribution in [-0.4, -0.2) is 53.8 Å². The van der Waals surface area contributed by atoms with Crippen molar-refractivity contribution in [1.29, 1.82) is 0 Å². The van der Waals surface area contributed by atoms with Crippen LogP contribution in [-0.2, 0) is 4.79 Å². The number of urea groups is 1. The van der Waals surface area contributed by atoms with E-state index in [1.807, 2.05) is 0 Å². The second-order valence-corrected chi connectivity index (χ2v) is 6.28. The highest BCUT2D eigenvalue weighted by molar-refractivity contribution is 6.07. The quantitative estimate of drug-likeness (QED) is 0.766. The van der Waals surface area contributed by atoms with E-state index in [0.29, 0.717) is 24.3 Å². The van der Waals surface area contributed by atoms with E-state index in [4.69, 9.17) is 9.47 Å². The lowest BCUT2D eigenvalue weighted by atomic mass is 9.98. The number of β-amino-alcohol motifs (C(OH)–C–C–N with tert-alkyl or cyclic N) is 1. The second kappa shape index (κ2) is 6.68. The molecular formula is C17H22N2O5. The number of aliphatic hydroxyl groups is 1. The normalized spacial score (nSPS) is 20.3. The molecular weight excluding hydrogens is 312 g/mol. The maximum atomic E-state index is 12.5. The predicted molar refractivity (Wildman–Crippen MR) is 85.9 cm³/mol. The number of nitrogens with one attached hydrogen (secondary N) is 1. The van der Waals surface area contributed by atoms with Crippen LogP contribution in [0.5, 0.6) is 11.5 Å². The van der Waals surface area contributed by atoms with Crippen molar-refractivity contribution in [1.82, 2.24) is 10.2 Å². The van der Waals surface area contributed by atoms with Gasteiger partial charge >= 0.3 is 6.03 Å². The number of amides is 3. The molecule has 0 aromatic heterocycles.